The predicted molar refractivity (Wildman–Crippen MR) is 84.8 cm³/mol. The van der Waals surface area contributed by atoms with Crippen LogP contribution in [-0.4, -0.2) is 26.5 Å². The van der Waals surface area contributed by atoms with Crippen LogP contribution in [0.4, 0.5) is 0 Å². The van der Waals surface area contributed by atoms with Crippen molar-refractivity contribution in [1.29, 1.82) is 0 Å². The van der Waals surface area contributed by atoms with Crippen molar-refractivity contribution in [1.82, 2.24) is 9.71 Å². The van der Waals surface area contributed by atoms with Crippen molar-refractivity contribution >= 4 is 44.2 Å². The molecule has 8 heteroatoms. The van der Waals surface area contributed by atoms with Gasteiger partial charge >= 0.3 is 5.97 Å². The Hall–Kier alpha value is -0.310. The molecule has 114 valence electrons. The van der Waals surface area contributed by atoms with E-state index < -0.39 is 21.8 Å². The second kappa shape index (κ2) is 7.63. The van der Waals surface area contributed by atoms with Gasteiger partial charge in [-0.1, -0.05) is 0 Å². The van der Waals surface area contributed by atoms with Crippen LogP contribution in [0.3, 0.4) is 0 Å². The van der Waals surface area contributed by atoms with Crippen LogP contribution < -0.4 is 4.72 Å². The van der Waals surface area contributed by atoms with Gasteiger partial charge in [-0.05, 0) is 43.6 Å². The van der Waals surface area contributed by atoms with Crippen LogP contribution in [0.2, 0.25) is 0 Å². The predicted octanol–water partition coefficient (Wildman–Crippen LogP) is 2.95. The first-order valence-electron chi connectivity index (χ1n) is 6.18. The molecule has 0 fully saturated rings. The molecule has 1 N–H and O–H groups in total. The van der Waals surface area contributed by atoms with Gasteiger partial charge in [0.2, 0.25) is 0 Å². The lowest BCUT2D eigenvalue weighted by Crippen LogP contribution is -2.36. The van der Waals surface area contributed by atoms with E-state index >= 15 is 0 Å². The topological polar surface area (TPSA) is 68.3 Å². The molecule has 0 aliphatic carbocycles. The average molecular weight is 383 g/mol. The lowest BCUT2D eigenvalue weighted by Gasteiger charge is -2.22. The standard InChI is InChI=1S/C12H19BrN2O3S2/c1-5-18-10(16)6-8(9-7-19-11(13)14-9)15-20(17)12(2,3)4/h7-8,15H,5-6H2,1-4H3/t8-,20+/m0/s1. The smallest absolute Gasteiger partial charge is 0.307 e. The van der Waals surface area contributed by atoms with E-state index in [9.17, 15) is 9.00 Å². The highest BCUT2D eigenvalue weighted by atomic mass is 79.9. The minimum Gasteiger partial charge on any atom is -0.466 e. The van der Waals surface area contributed by atoms with Crippen molar-refractivity contribution in [3.8, 4) is 0 Å². The minimum atomic E-state index is -1.29. The molecule has 5 nitrogen and oxygen atoms in total. The molecule has 0 aliphatic heterocycles. The van der Waals surface area contributed by atoms with Gasteiger partial charge in [-0.15, -0.1) is 11.3 Å². The number of thiazole rings is 1. The molecule has 0 saturated heterocycles. The van der Waals surface area contributed by atoms with E-state index in [0.717, 1.165) is 3.92 Å². The number of nitrogens with one attached hydrogen (secondary N) is 1. The lowest BCUT2D eigenvalue weighted by molar-refractivity contribution is -0.143. The summed E-state index contributed by atoms with van der Waals surface area (Å²) in [6.07, 6.45) is 0.103. The Morgan fingerprint density at radius 1 is 1.60 bits per heavy atom. The Morgan fingerprint density at radius 2 is 2.25 bits per heavy atom. The number of hydrogen-bond donors (Lipinski definition) is 1. The molecule has 1 aromatic heterocycles. The van der Waals surface area contributed by atoms with Crippen LogP contribution in [0.5, 0.6) is 0 Å². The zero-order chi connectivity index (χ0) is 15.3. The van der Waals surface area contributed by atoms with Gasteiger partial charge in [0, 0.05) is 5.38 Å². The van der Waals surface area contributed by atoms with E-state index in [2.05, 4.69) is 25.6 Å². The normalized spacial score (nSPS) is 14.8. The van der Waals surface area contributed by atoms with Gasteiger partial charge in [0.05, 0.1) is 40.5 Å². The molecule has 0 unspecified atom stereocenters. The Morgan fingerprint density at radius 3 is 2.70 bits per heavy atom. The van der Waals surface area contributed by atoms with Gasteiger partial charge in [0.1, 0.15) is 0 Å². The second-order valence-electron chi connectivity index (χ2n) is 5.09. The first-order chi connectivity index (χ1) is 9.24. The van der Waals surface area contributed by atoms with Gasteiger partial charge in [0.25, 0.3) is 0 Å². The number of hydrogen-bond acceptors (Lipinski definition) is 5. The number of carbonyl (C=O) groups is 1. The summed E-state index contributed by atoms with van der Waals surface area (Å²) < 4.78 is 20.4. The summed E-state index contributed by atoms with van der Waals surface area (Å²) in [7, 11) is -1.29. The highest BCUT2D eigenvalue weighted by Gasteiger charge is 2.26. The fourth-order valence-corrected chi connectivity index (χ4v) is 3.22. The number of rotatable bonds is 6. The van der Waals surface area contributed by atoms with Crippen LogP contribution in [-0.2, 0) is 20.5 Å². The molecule has 0 bridgehead atoms. The van der Waals surface area contributed by atoms with Crippen LogP contribution >= 0.6 is 27.3 Å². The Balaban J connectivity index is 2.85. The van der Waals surface area contributed by atoms with Gasteiger partial charge in [0.15, 0.2) is 3.92 Å². The molecule has 0 radical (unpaired) electrons. The SMILES string of the molecule is CCOC(=O)C[C@H](N[S@](=O)C(C)(C)C)c1csc(Br)n1. The first kappa shape index (κ1) is 17.7. The zero-order valence-corrected chi connectivity index (χ0v) is 15.2. The summed E-state index contributed by atoms with van der Waals surface area (Å²) >= 11 is 4.71. The monoisotopic (exact) mass is 382 g/mol. The van der Waals surface area contributed by atoms with Crippen LogP contribution in [0.25, 0.3) is 0 Å². The number of esters is 1. The maximum atomic E-state index is 12.2. The molecule has 20 heavy (non-hydrogen) atoms. The quantitative estimate of drug-likeness (QED) is 0.767. The Bertz CT molecular complexity index is 485. The van der Waals surface area contributed by atoms with E-state index in [-0.39, 0.29) is 12.4 Å². The third-order valence-electron chi connectivity index (χ3n) is 2.33. The molecule has 0 aromatic carbocycles. The summed E-state index contributed by atoms with van der Waals surface area (Å²) in [5.74, 6) is -0.333. The fourth-order valence-electron chi connectivity index (χ4n) is 1.32. The van der Waals surface area contributed by atoms with Crippen molar-refractivity contribution in [2.75, 3.05) is 6.61 Å². The number of carbonyl (C=O) groups excluding carboxylic acids is 1. The Labute approximate surface area is 134 Å². The summed E-state index contributed by atoms with van der Waals surface area (Å²) in [5, 5.41) is 1.83. The summed E-state index contributed by atoms with van der Waals surface area (Å²) in [6.45, 7) is 7.69. The molecule has 0 spiro atoms. The van der Waals surface area contributed by atoms with Crippen molar-refractivity contribution in [3.63, 3.8) is 0 Å². The summed E-state index contributed by atoms with van der Waals surface area (Å²) in [6, 6.07) is -0.420. The summed E-state index contributed by atoms with van der Waals surface area (Å²) in [4.78, 5) is 16.0. The van der Waals surface area contributed by atoms with E-state index in [1.807, 2.05) is 26.2 Å². The average Bonchev–Trinajstić information content (AvgIpc) is 2.74. The van der Waals surface area contributed by atoms with Gasteiger partial charge < -0.3 is 4.74 Å². The minimum absolute atomic E-state index is 0.103. The van der Waals surface area contributed by atoms with Crippen LogP contribution in [0, 0.1) is 0 Å². The maximum Gasteiger partial charge on any atom is 0.307 e. The van der Waals surface area contributed by atoms with Gasteiger partial charge in [-0.2, -0.15) is 0 Å². The summed E-state index contributed by atoms with van der Waals surface area (Å²) in [5.41, 5.74) is 0.688. The van der Waals surface area contributed by atoms with E-state index in [1.165, 1.54) is 11.3 Å². The molecule has 0 saturated carbocycles. The molecular weight excluding hydrogens is 364 g/mol. The third-order valence-corrected chi connectivity index (χ3v) is 5.33. The number of ether oxygens (including phenoxy) is 1. The van der Waals surface area contributed by atoms with E-state index in [1.54, 1.807) is 6.92 Å². The number of aromatic nitrogens is 1. The second-order valence-corrected chi connectivity index (χ2v) is 9.22. The highest BCUT2D eigenvalue weighted by Crippen LogP contribution is 2.25. The van der Waals surface area contributed by atoms with Crippen molar-refractivity contribution in [3.05, 3.63) is 15.0 Å². The Kier molecular flexibility index (Phi) is 6.77. The van der Waals surface area contributed by atoms with Crippen LogP contribution in [0.1, 0.15) is 45.9 Å². The largest absolute Gasteiger partial charge is 0.466 e. The molecule has 1 rings (SSSR count). The van der Waals surface area contributed by atoms with E-state index in [0.29, 0.717) is 12.3 Å². The molecule has 0 amide bonds. The van der Waals surface area contributed by atoms with Crippen molar-refractivity contribution in [2.45, 2.75) is 44.9 Å². The fraction of sp³-hybridized carbons (Fsp3) is 0.667. The van der Waals surface area contributed by atoms with Gasteiger partial charge in [-0.3, -0.25) is 4.79 Å². The van der Waals surface area contributed by atoms with Crippen molar-refractivity contribution < 1.29 is 13.7 Å². The number of halogens is 1. The van der Waals surface area contributed by atoms with Crippen LogP contribution in [0.15, 0.2) is 9.30 Å². The first-order valence-corrected chi connectivity index (χ1v) is 9.01. The van der Waals surface area contributed by atoms with Gasteiger partial charge in [-0.25, -0.2) is 13.9 Å². The van der Waals surface area contributed by atoms with E-state index in [4.69, 9.17) is 4.74 Å². The number of nitrogens with zero attached hydrogens (tertiary/aromatic N) is 1. The van der Waals surface area contributed by atoms with Crippen molar-refractivity contribution in [2.24, 2.45) is 0 Å². The zero-order valence-electron chi connectivity index (χ0n) is 11.9. The molecular formula is C12H19BrN2O3S2. The molecule has 2 atom stereocenters. The third kappa shape index (κ3) is 5.59. The maximum absolute atomic E-state index is 12.2. The lowest BCUT2D eigenvalue weighted by atomic mass is 10.2. The highest BCUT2D eigenvalue weighted by molar-refractivity contribution is 9.11. The molecule has 1 aromatic rings. The molecule has 1 heterocycles. The molecule has 0 aliphatic rings.